The molecule has 9 heteroatoms. The number of carbonyl (C=O) groups is 1. The van der Waals surface area contributed by atoms with E-state index in [-0.39, 0.29) is 37.4 Å². The second-order valence-corrected chi connectivity index (χ2v) is 6.35. The summed E-state index contributed by atoms with van der Waals surface area (Å²) in [7, 11) is 0.470. The van der Waals surface area contributed by atoms with Crippen LogP contribution in [0.1, 0.15) is 28.1 Å². The first kappa shape index (κ1) is 18.3. The molecule has 1 amide bonds. The molecule has 1 fully saturated rings. The summed E-state index contributed by atoms with van der Waals surface area (Å²) >= 11 is 1.95. The Hall–Kier alpha value is -0.0887. The van der Waals surface area contributed by atoms with Crippen molar-refractivity contribution in [2.75, 3.05) is 26.3 Å². The number of amides is 1. The summed E-state index contributed by atoms with van der Waals surface area (Å²) in [5, 5.41) is 2.81. The van der Waals surface area contributed by atoms with Crippen LogP contribution in [0, 0.1) is 0 Å². The van der Waals surface area contributed by atoms with Crippen molar-refractivity contribution in [1.82, 2.24) is 5.32 Å². The Morgan fingerprint density at radius 1 is 1.64 bits per heavy atom. The molecule has 1 saturated heterocycles. The number of nitrogens with zero attached hydrogens (tertiary/aromatic N) is 1. The SMILES string of the molecule is [3H]C1CC(OCC(=O)NCCC[Si]OC(C)C)C(CO[N]=[V])O1. The number of nitrogens with one attached hydrogen (secondary N) is 1. The molecule has 1 N–H and O–H groups in total. The molecule has 0 spiro atoms. The van der Waals surface area contributed by atoms with E-state index >= 15 is 0 Å². The maximum absolute atomic E-state index is 11.7. The molecule has 1 heterocycles. The predicted octanol–water partition coefficient (Wildman–Crippen LogP) is 0.791. The van der Waals surface area contributed by atoms with Crippen LogP contribution in [0.2, 0.25) is 6.04 Å². The van der Waals surface area contributed by atoms with Crippen LogP contribution in [0.3, 0.4) is 0 Å². The monoisotopic (exact) mass is 369 g/mol. The van der Waals surface area contributed by atoms with Crippen molar-refractivity contribution in [2.24, 2.45) is 3.95 Å². The molecular weight excluding hydrogens is 343 g/mol. The van der Waals surface area contributed by atoms with Gasteiger partial charge in [0.25, 0.3) is 0 Å². The van der Waals surface area contributed by atoms with E-state index in [0.717, 1.165) is 12.5 Å². The molecule has 3 atom stereocenters. The minimum atomic E-state index is -0.648. The maximum atomic E-state index is 11.7. The fraction of sp³-hybridized carbons (Fsp3) is 0.923. The molecule has 1 rings (SSSR count). The molecule has 0 aromatic rings. The summed E-state index contributed by atoms with van der Waals surface area (Å²) in [6.45, 7) is 4.15. The zero-order valence-electron chi connectivity index (χ0n) is 14.0. The molecule has 1 aliphatic rings. The van der Waals surface area contributed by atoms with E-state index in [1.807, 2.05) is 31.1 Å². The molecule has 1 aliphatic heterocycles. The molecule has 22 heavy (non-hydrogen) atoms. The topological polar surface area (TPSA) is 78.4 Å². The van der Waals surface area contributed by atoms with Crippen molar-refractivity contribution < 1.29 is 42.1 Å². The van der Waals surface area contributed by atoms with Crippen LogP contribution >= 0.6 is 0 Å². The Morgan fingerprint density at radius 2 is 2.45 bits per heavy atom. The molecular formula is C13H24N2O5SiV. The molecule has 125 valence electrons. The standard InChI is InChI=1S/C13H24N2O5Si.V/c1-10(2)20-21-7-3-5-15-13(16)9-18-11-4-6-17-12(11)8-19-14;/h10-12H,3-9H2,1-2H3,(H,15,16);/i6T;. The van der Waals surface area contributed by atoms with E-state index in [0.29, 0.717) is 22.7 Å². The van der Waals surface area contributed by atoms with Crippen LogP contribution in [0.4, 0.5) is 0 Å². The van der Waals surface area contributed by atoms with E-state index in [1.165, 1.54) is 0 Å². The molecule has 2 radical (unpaired) electrons. The zero-order valence-corrected chi connectivity index (χ0v) is 15.4. The van der Waals surface area contributed by atoms with E-state index < -0.39 is 6.58 Å². The number of hydrogen-bond acceptors (Lipinski definition) is 6. The summed E-state index contributed by atoms with van der Waals surface area (Å²) in [6.07, 6.45) is 0.867. The van der Waals surface area contributed by atoms with Gasteiger partial charge in [0, 0.05) is 6.10 Å². The van der Waals surface area contributed by atoms with E-state index in [2.05, 4.69) is 9.27 Å². The molecule has 0 aromatic heterocycles. The average molecular weight is 369 g/mol. The first-order valence-electron chi connectivity index (χ1n) is 7.91. The molecule has 7 nitrogen and oxygen atoms in total. The Kier molecular flexibility index (Phi) is 10.2. The Bertz CT molecular complexity index is 367. The third kappa shape index (κ3) is 9.14. The van der Waals surface area contributed by atoms with Gasteiger partial charge in [0.1, 0.15) is 0 Å². The summed E-state index contributed by atoms with van der Waals surface area (Å²) in [5.41, 5.74) is 0. The van der Waals surface area contributed by atoms with Crippen LogP contribution < -0.4 is 5.32 Å². The van der Waals surface area contributed by atoms with Crippen LogP contribution in [0.15, 0.2) is 3.95 Å². The van der Waals surface area contributed by atoms with Crippen LogP contribution in [-0.4, -0.2) is 60.3 Å². The van der Waals surface area contributed by atoms with Crippen molar-refractivity contribution in [3.05, 3.63) is 0 Å². The van der Waals surface area contributed by atoms with Crippen LogP contribution in [0.5, 0.6) is 0 Å². The third-order valence-electron chi connectivity index (χ3n) is 2.84. The number of hydrogen-bond donors (Lipinski definition) is 1. The zero-order chi connectivity index (χ0) is 17.1. The molecule has 3 unspecified atom stereocenters. The van der Waals surface area contributed by atoms with E-state index in [9.17, 15) is 4.79 Å². The first-order valence-corrected chi connectivity index (χ1v) is 9.07. The van der Waals surface area contributed by atoms with Crippen molar-refractivity contribution in [3.8, 4) is 0 Å². The summed E-state index contributed by atoms with van der Waals surface area (Å²) < 4.78 is 27.5. The number of ether oxygens (including phenoxy) is 2. The summed E-state index contributed by atoms with van der Waals surface area (Å²) in [5.74, 6) is -0.164. The van der Waals surface area contributed by atoms with Gasteiger partial charge in [-0.05, 0) is 13.8 Å². The summed E-state index contributed by atoms with van der Waals surface area (Å²) in [6, 6.07) is 0.939. The van der Waals surface area contributed by atoms with E-state index in [1.54, 1.807) is 0 Å². The third-order valence-corrected chi connectivity index (χ3v) is 4.21. The second-order valence-electron chi connectivity index (χ2n) is 5.07. The van der Waals surface area contributed by atoms with Crippen molar-refractivity contribution in [3.63, 3.8) is 0 Å². The molecule has 0 saturated carbocycles. The quantitative estimate of drug-likeness (QED) is 0.313. The van der Waals surface area contributed by atoms with Gasteiger partial charge in [-0.25, -0.2) is 0 Å². The average Bonchev–Trinajstić information content (AvgIpc) is 2.86. The first-order chi connectivity index (χ1) is 11.0. The predicted molar refractivity (Wildman–Crippen MR) is 76.9 cm³/mol. The normalized spacial score (nSPS) is 25.2. The van der Waals surface area contributed by atoms with Gasteiger partial charge in [-0.3, -0.25) is 0 Å². The van der Waals surface area contributed by atoms with Crippen LogP contribution in [-0.2, 0) is 40.8 Å². The van der Waals surface area contributed by atoms with Gasteiger partial charge in [0.2, 0.25) is 9.76 Å². The van der Waals surface area contributed by atoms with Gasteiger partial charge in [-0.1, -0.05) is 0 Å². The van der Waals surface area contributed by atoms with Crippen molar-refractivity contribution in [2.45, 2.75) is 51.0 Å². The van der Waals surface area contributed by atoms with Crippen LogP contribution in [0.25, 0.3) is 0 Å². The van der Waals surface area contributed by atoms with Gasteiger partial charge < -0.3 is 4.43 Å². The molecule has 0 bridgehead atoms. The Labute approximate surface area is 144 Å². The second kappa shape index (κ2) is 12.3. The molecule has 0 aliphatic carbocycles. The Balaban J connectivity index is 2.11. The number of rotatable bonds is 12. The van der Waals surface area contributed by atoms with Crippen molar-refractivity contribution in [1.29, 1.82) is 0 Å². The van der Waals surface area contributed by atoms with Gasteiger partial charge >= 0.3 is 110 Å². The van der Waals surface area contributed by atoms with E-state index in [4.69, 9.17) is 20.1 Å². The Morgan fingerprint density at radius 3 is 3.18 bits per heavy atom. The summed E-state index contributed by atoms with van der Waals surface area (Å²) in [4.78, 5) is 16.7. The number of carbonyl (C=O) groups excluding carboxylic acids is 1. The minimum absolute atomic E-state index is 0.0403. The van der Waals surface area contributed by atoms with Gasteiger partial charge in [-0.2, -0.15) is 0 Å². The fourth-order valence-electron chi connectivity index (χ4n) is 1.79. The van der Waals surface area contributed by atoms with Gasteiger partial charge in [0.15, 0.2) is 0 Å². The van der Waals surface area contributed by atoms with Gasteiger partial charge in [0.05, 0.1) is 0 Å². The van der Waals surface area contributed by atoms with Crippen molar-refractivity contribution >= 4 is 15.7 Å². The van der Waals surface area contributed by atoms with Gasteiger partial charge in [-0.15, -0.1) is 0 Å². The molecule has 0 aromatic carbocycles. The fourth-order valence-corrected chi connectivity index (χ4v) is 2.67.